The highest BCUT2D eigenvalue weighted by molar-refractivity contribution is 8.00. The molecule has 0 aliphatic heterocycles. The van der Waals surface area contributed by atoms with Crippen LogP contribution in [0.15, 0.2) is 29.2 Å². The van der Waals surface area contributed by atoms with Crippen LogP contribution in [0.2, 0.25) is 0 Å². The van der Waals surface area contributed by atoms with E-state index in [-0.39, 0.29) is 5.91 Å². The number of nitrogens with two attached hydrogens (primary N) is 1. The second-order valence-corrected chi connectivity index (χ2v) is 5.66. The number of nitrogens with one attached hydrogen (secondary N) is 1. The van der Waals surface area contributed by atoms with Gasteiger partial charge >= 0.3 is 0 Å². The van der Waals surface area contributed by atoms with Crippen molar-refractivity contribution in [1.29, 1.82) is 0 Å². The monoisotopic (exact) mass is 280 g/mol. The zero-order valence-corrected chi connectivity index (χ0v) is 11.9. The molecule has 1 saturated carbocycles. The predicted molar refractivity (Wildman–Crippen MR) is 78.4 cm³/mol. The number of rotatable bonds is 7. The Kier molecular flexibility index (Phi) is 5.10. The Hall–Kier alpha value is -1.20. The van der Waals surface area contributed by atoms with Crippen molar-refractivity contribution in [3.05, 3.63) is 24.3 Å². The molecule has 0 saturated heterocycles. The number of amides is 1. The van der Waals surface area contributed by atoms with Crippen molar-refractivity contribution >= 4 is 23.4 Å². The zero-order chi connectivity index (χ0) is 13.7. The molecule has 0 radical (unpaired) electrons. The molecule has 19 heavy (non-hydrogen) atoms. The molecule has 104 valence electrons. The topological polar surface area (TPSA) is 64.3 Å². The first-order chi connectivity index (χ1) is 9.19. The van der Waals surface area contributed by atoms with Crippen molar-refractivity contribution in [3.8, 4) is 0 Å². The quantitative estimate of drug-likeness (QED) is 0.752. The van der Waals surface area contributed by atoms with Crippen LogP contribution in [0.3, 0.4) is 0 Å². The highest BCUT2D eigenvalue weighted by Crippen LogP contribution is 2.32. The zero-order valence-electron chi connectivity index (χ0n) is 11.1. The summed E-state index contributed by atoms with van der Waals surface area (Å²) in [5.74, 6) is 0.0186. The molecular formula is C14H20N2O2S. The lowest BCUT2D eigenvalue weighted by atomic mass is 9.89. The average Bonchev–Trinajstić information content (AvgIpc) is 2.35. The van der Waals surface area contributed by atoms with Gasteiger partial charge in [-0.1, -0.05) is 12.1 Å². The van der Waals surface area contributed by atoms with Gasteiger partial charge in [-0.25, -0.2) is 0 Å². The Labute approximate surface area is 118 Å². The molecule has 1 aromatic carbocycles. The fourth-order valence-corrected chi connectivity index (χ4v) is 2.89. The second-order valence-electron chi connectivity index (χ2n) is 4.64. The Balaban J connectivity index is 1.88. The van der Waals surface area contributed by atoms with E-state index in [4.69, 9.17) is 10.5 Å². The maximum absolute atomic E-state index is 10.9. The van der Waals surface area contributed by atoms with Crippen LogP contribution in [0.5, 0.6) is 0 Å². The molecule has 1 aliphatic rings. The molecule has 5 heteroatoms. The first-order valence-corrected chi connectivity index (χ1v) is 7.56. The highest BCUT2D eigenvalue weighted by atomic mass is 32.2. The van der Waals surface area contributed by atoms with Gasteiger partial charge in [0.2, 0.25) is 5.91 Å². The molecule has 1 amide bonds. The SMILES string of the molecule is CCOC1CC(Nc2ccccc2SCC(N)=O)C1. The van der Waals surface area contributed by atoms with E-state index < -0.39 is 0 Å². The number of ether oxygens (including phenoxy) is 1. The van der Waals surface area contributed by atoms with Gasteiger partial charge in [-0.3, -0.25) is 4.79 Å². The van der Waals surface area contributed by atoms with E-state index in [1.54, 1.807) is 0 Å². The van der Waals surface area contributed by atoms with Gasteiger partial charge in [0, 0.05) is 23.2 Å². The number of carbonyl (C=O) groups excluding carboxylic acids is 1. The number of thioether (sulfide) groups is 1. The van der Waals surface area contributed by atoms with Crippen molar-refractivity contribution in [3.63, 3.8) is 0 Å². The van der Waals surface area contributed by atoms with Crippen LogP contribution in [0, 0.1) is 0 Å². The fourth-order valence-electron chi connectivity index (χ4n) is 2.14. The number of carbonyl (C=O) groups is 1. The summed E-state index contributed by atoms with van der Waals surface area (Å²) >= 11 is 1.47. The van der Waals surface area contributed by atoms with E-state index in [0.29, 0.717) is 17.9 Å². The van der Waals surface area contributed by atoms with Crippen LogP contribution in [0.1, 0.15) is 19.8 Å². The molecule has 0 unspecified atom stereocenters. The van der Waals surface area contributed by atoms with Gasteiger partial charge in [0.15, 0.2) is 0 Å². The summed E-state index contributed by atoms with van der Waals surface area (Å²) in [6, 6.07) is 8.48. The van der Waals surface area contributed by atoms with Crippen LogP contribution >= 0.6 is 11.8 Å². The normalized spacial score (nSPS) is 21.7. The van der Waals surface area contributed by atoms with Crippen molar-refractivity contribution in [2.75, 3.05) is 17.7 Å². The van der Waals surface area contributed by atoms with Crippen molar-refractivity contribution in [1.82, 2.24) is 0 Å². The maximum Gasteiger partial charge on any atom is 0.227 e. The molecule has 0 spiro atoms. The van der Waals surface area contributed by atoms with Gasteiger partial charge in [-0.15, -0.1) is 11.8 Å². The van der Waals surface area contributed by atoms with E-state index >= 15 is 0 Å². The predicted octanol–water partition coefficient (Wildman–Crippen LogP) is 2.24. The Bertz CT molecular complexity index is 433. The summed E-state index contributed by atoms with van der Waals surface area (Å²) < 4.78 is 5.55. The standard InChI is InChI=1S/C14H20N2O2S/c1-2-18-11-7-10(8-11)16-12-5-3-4-6-13(12)19-9-14(15)17/h3-6,10-11,16H,2,7-9H2,1H3,(H2,15,17). The molecule has 3 N–H and O–H groups in total. The summed E-state index contributed by atoms with van der Waals surface area (Å²) in [6.45, 7) is 2.80. The van der Waals surface area contributed by atoms with E-state index in [0.717, 1.165) is 30.0 Å². The molecule has 2 rings (SSSR count). The molecule has 4 nitrogen and oxygen atoms in total. The van der Waals surface area contributed by atoms with Gasteiger partial charge < -0.3 is 15.8 Å². The number of hydrogen-bond acceptors (Lipinski definition) is 4. The fraction of sp³-hybridized carbons (Fsp3) is 0.500. The van der Waals surface area contributed by atoms with Crippen molar-refractivity contribution < 1.29 is 9.53 Å². The third kappa shape index (κ3) is 4.14. The van der Waals surface area contributed by atoms with E-state index in [2.05, 4.69) is 5.32 Å². The van der Waals surface area contributed by atoms with E-state index in [9.17, 15) is 4.79 Å². The summed E-state index contributed by atoms with van der Waals surface area (Å²) in [6.07, 6.45) is 2.48. The van der Waals surface area contributed by atoms with Crippen LogP contribution in [0.25, 0.3) is 0 Å². The minimum atomic E-state index is -0.292. The summed E-state index contributed by atoms with van der Waals surface area (Å²) in [5, 5.41) is 3.51. The smallest absolute Gasteiger partial charge is 0.227 e. The molecule has 0 heterocycles. The highest BCUT2D eigenvalue weighted by Gasteiger charge is 2.29. The molecule has 1 aromatic rings. The number of para-hydroxylation sites is 1. The lowest BCUT2D eigenvalue weighted by molar-refractivity contribution is -0.115. The molecule has 0 bridgehead atoms. The van der Waals surface area contributed by atoms with E-state index in [1.165, 1.54) is 11.8 Å². The van der Waals surface area contributed by atoms with Crippen LogP contribution in [-0.4, -0.2) is 30.4 Å². The van der Waals surface area contributed by atoms with Gasteiger partial charge in [0.05, 0.1) is 11.9 Å². The molecular weight excluding hydrogens is 260 g/mol. The lowest BCUT2D eigenvalue weighted by Crippen LogP contribution is -2.40. The number of benzene rings is 1. The van der Waals surface area contributed by atoms with Gasteiger partial charge in [0.25, 0.3) is 0 Å². The van der Waals surface area contributed by atoms with Crippen LogP contribution in [-0.2, 0) is 9.53 Å². The number of anilines is 1. The van der Waals surface area contributed by atoms with Gasteiger partial charge in [0.1, 0.15) is 0 Å². The van der Waals surface area contributed by atoms with Gasteiger partial charge in [-0.2, -0.15) is 0 Å². The third-order valence-electron chi connectivity index (χ3n) is 3.11. The molecule has 1 fully saturated rings. The van der Waals surface area contributed by atoms with Gasteiger partial charge in [-0.05, 0) is 31.9 Å². The van der Waals surface area contributed by atoms with E-state index in [1.807, 2.05) is 31.2 Å². The largest absolute Gasteiger partial charge is 0.381 e. The number of hydrogen-bond donors (Lipinski definition) is 2. The first kappa shape index (κ1) is 14.2. The van der Waals surface area contributed by atoms with Crippen LogP contribution < -0.4 is 11.1 Å². The van der Waals surface area contributed by atoms with Crippen LogP contribution in [0.4, 0.5) is 5.69 Å². The molecule has 1 aliphatic carbocycles. The summed E-state index contributed by atoms with van der Waals surface area (Å²) in [5.41, 5.74) is 6.26. The molecule has 0 atom stereocenters. The summed E-state index contributed by atoms with van der Waals surface area (Å²) in [4.78, 5) is 11.9. The maximum atomic E-state index is 10.9. The first-order valence-electron chi connectivity index (χ1n) is 6.57. The third-order valence-corrected chi connectivity index (χ3v) is 4.21. The minimum absolute atomic E-state index is 0.292. The van der Waals surface area contributed by atoms with Crippen molar-refractivity contribution in [2.45, 2.75) is 36.8 Å². The summed E-state index contributed by atoms with van der Waals surface area (Å²) in [7, 11) is 0. The Morgan fingerprint density at radius 1 is 1.47 bits per heavy atom. The average molecular weight is 280 g/mol. The molecule has 0 aromatic heterocycles. The minimum Gasteiger partial charge on any atom is -0.381 e. The number of primary amides is 1. The van der Waals surface area contributed by atoms with Crippen molar-refractivity contribution in [2.24, 2.45) is 5.73 Å². The Morgan fingerprint density at radius 2 is 2.21 bits per heavy atom. The lowest BCUT2D eigenvalue weighted by Gasteiger charge is -2.36. The second kappa shape index (κ2) is 6.82. The Morgan fingerprint density at radius 3 is 2.89 bits per heavy atom.